The largest absolute Gasteiger partial charge is 0.508 e. The van der Waals surface area contributed by atoms with Crippen molar-refractivity contribution in [3.05, 3.63) is 41.5 Å². The highest BCUT2D eigenvalue weighted by molar-refractivity contribution is 5.89. The molecule has 7 nitrogen and oxygen atoms in total. The van der Waals surface area contributed by atoms with Crippen molar-refractivity contribution in [2.45, 2.75) is 37.9 Å². The highest BCUT2D eigenvalue weighted by Gasteiger charge is 2.50. The van der Waals surface area contributed by atoms with Crippen LogP contribution in [0.1, 0.15) is 37.0 Å². The molecule has 0 saturated heterocycles. The number of fused-ring (bicyclic) bond motifs is 1. The zero-order chi connectivity index (χ0) is 19.1. The number of aromatic hydroxyl groups is 4. The standard InChI is InChI=1S/C19H20O7/c1-2-3-17(24)19(25)9-12-14(22)7-11(20)8-16(12)26-18(19)10-4-5-13(21)15(23)6-10/h4-8,18,20-23,25H,2-3,9H2,1H3/t18-,19+/m1/s1. The van der Waals surface area contributed by atoms with E-state index >= 15 is 0 Å². The van der Waals surface area contributed by atoms with Gasteiger partial charge in [0.1, 0.15) is 17.2 Å². The summed E-state index contributed by atoms with van der Waals surface area (Å²) in [5, 5.41) is 50.2. The maximum absolute atomic E-state index is 12.7. The van der Waals surface area contributed by atoms with Crippen LogP contribution >= 0.6 is 0 Å². The first-order chi connectivity index (χ1) is 12.3. The second kappa shape index (κ2) is 6.42. The smallest absolute Gasteiger partial charge is 0.168 e. The van der Waals surface area contributed by atoms with Gasteiger partial charge in [0.15, 0.2) is 29.0 Å². The molecule has 26 heavy (non-hydrogen) atoms. The molecule has 1 heterocycles. The summed E-state index contributed by atoms with van der Waals surface area (Å²) in [6.45, 7) is 1.80. The van der Waals surface area contributed by atoms with Gasteiger partial charge in [0, 0.05) is 30.5 Å². The molecule has 1 aliphatic heterocycles. The molecule has 2 atom stereocenters. The number of aliphatic hydroxyl groups is 1. The molecule has 0 saturated carbocycles. The van der Waals surface area contributed by atoms with Crippen LogP contribution in [0.5, 0.6) is 28.7 Å². The van der Waals surface area contributed by atoms with E-state index in [1.54, 1.807) is 6.92 Å². The Kier molecular flexibility index (Phi) is 4.41. The molecule has 0 spiro atoms. The lowest BCUT2D eigenvalue weighted by Gasteiger charge is -2.40. The van der Waals surface area contributed by atoms with Crippen molar-refractivity contribution < 1.29 is 35.1 Å². The van der Waals surface area contributed by atoms with Gasteiger partial charge in [0.25, 0.3) is 0 Å². The van der Waals surface area contributed by atoms with E-state index in [9.17, 15) is 30.3 Å². The van der Waals surface area contributed by atoms with E-state index in [0.717, 1.165) is 6.07 Å². The van der Waals surface area contributed by atoms with E-state index in [-0.39, 0.29) is 47.0 Å². The number of hydrogen-bond donors (Lipinski definition) is 5. The van der Waals surface area contributed by atoms with Crippen molar-refractivity contribution in [2.24, 2.45) is 0 Å². The second-order valence-electron chi connectivity index (χ2n) is 6.46. The van der Waals surface area contributed by atoms with E-state index < -0.39 is 23.2 Å². The number of hydrogen-bond acceptors (Lipinski definition) is 7. The Hall–Kier alpha value is -2.93. The van der Waals surface area contributed by atoms with Gasteiger partial charge >= 0.3 is 0 Å². The predicted molar refractivity (Wildman–Crippen MR) is 91.5 cm³/mol. The van der Waals surface area contributed by atoms with Gasteiger partial charge in [0.2, 0.25) is 0 Å². The molecule has 0 fully saturated rings. The molecule has 3 rings (SSSR count). The van der Waals surface area contributed by atoms with Crippen LogP contribution in [0.4, 0.5) is 0 Å². The summed E-state index contributed by atoms with van der Waals surface area (Å²) in [6.07, 6.45) is -0.765. The van der Waals surface area contributed by atoms with Crippen LogP contribution < -0.4 is 4.74 Å². The Morgan fingerprint density at radius 2 is 1.85 bits per heavy atom. The molecule has 2 aromatic rings. The van der Waals surface area contributed by atoms with E-state index in [0.29, 0.717) is 6.42 Å². The van der Waals surface area contributed by atoms with Crippen molar-refractivity contribution in [1.82, 2.24) is 0 Å². The summed E-state index contributed by atoms with van der Waals surface area (Å²) in [7, 11) is 0. The molecule has 1 aliphatic rings. The fourth-order valence-corrected chi connectivity index (χ4v) is 3.22. The topological polar surface area (TPSA) is 127 Å². The zero-order valence-corrected chi connectivity index (χ0v) is 14.1. The molecule has 2 aromatic carbocycles. The van der Waals surface area contributed by atoms with Crippen LogP contribution in [0.25, 0.3) is 0 Å². The zero-order valence-electron chi connectivity index (χ0n) is 14.1. The van der Waals surface area contributed by atoms with E-state index in [2.05, 4.69) is 0 Å². The summed E-state index contributed by atoms with van der Waals surface area (Å²) >= 11 is 0. The molecule has 0 unspecified atom stereocenters. The summed E-state index contributed by atoms with van der Waals surface area (Å²) < 4.78 is 5.77. The molecular weight excluding hydrogens is 340 g/mol. The maximum Gasteiger partial charge on any atom is 0.168 e. The number of Topliss-reactive ketones (excluding diaryl/α,β-unsaturated/α-hetero) is 1. The van der Waals surface area contributed by atoms with E-state index in [4.69, 9.17) is 4.74 Å². The fourth-order valence-electron chi connectivity index (χ4n) is 3.22. The Balaban J connectivity index is 2.14. The quantitative estimate of drug-likeness (QED) is 0.529. The van der Waals surface area contributed by atoms with Gasteiger partial charge in [-0.15, -0.1) is 0 Å². The van der Waals surface area contributed by atoms with Gasteiger partial charge in [-0.1, -0.05) is 13.0 Å². The number of phenolic OH excluding ortho intramolecular Hbond substituents is 4. The average molecular weight is 360 g/mol. The molecule has 138 valence electrons. The minimum atomic E-state index is -1.97. The fraction of sp³-hybridized carbons (Fsp3) is 0.316. The first kappa shape index (κ1) is 17.9. The first-order valence-corrected chi connectivity index (χ1v) is 8.25. The Morgan fingerprint density at radius 3 is 2.50 bits per heavy atom. The van der Waals surface area contributed by atoms with Gasteiger partial charge in [-0.05, 0) is 24.1 Å². The summed E-state index contributed by atoms with van der Waals surface area (Å²) in [5.41, 5.74) is -1.48. The summed E-state index contributed by atoms with van der Waals surface area (Å²) in [6, 6.07) is 6.26. The highest BCUT2D eigenvalue weighted by Crippen LogP contribution is 2.47. The monoisotopic (exact) mass is 360 g/mol. The minimum Gasteiger partial charge on any atom is -0.508 e. The normalized spacial score (nSPS) is 21.7. The molecule has 0 aliphatic carbocycles. The van der Waals surface area contributed by atoms with Crippen molar-refractivity contribution in [1.29, 1.82) is 0 Å². The van der Waals surface area contributed by atoms with Crippen molar-refractivity contribution in [2.75, 3.05) is 0 Å². The predicted octanol–water partition coefficient (Wildman–Crippen LogP) is 2.29. The molecule has 5 N–H and O–H groups in total. The van der Waals surface area contributed by atoms with Crippen LogP contribution in [0, 0.1) is 0 Å². The van der Waals surface area contributed by atoms with Crippen molar-refractivity contribution >= 4 is 5.78 Å². The van der Waals surface area contributed by atoms with Crippen LogP contribution in [0.2, 0.25) is 0 Å². The molecule has 0 amide bonds. The number of rotatable bonds is 4. The molecule has 0 radical (unpaired) electrons. The van der Waals surface area contributed by atoms with Crippen LogP contribution in [0.15, 0.2) is 30.3 Å². The third-order valence-electron chi connectivity index (χ3n) is 4.56. The van der Waals surface area contributed by atoms with Gasteiger partial charge in [-0.3, -0.25) is 4.79 Å². The van der Waals surface area contributed by atoms with Gasteiger partial charge < -0.3 is 30.3 Å². The van der Waals surface area contributed by atoms with Gasteiger partial charge in [-0.25, -0.2) is 0 Å². The molecular formula is C19H20O7. The van der Waals surface area contributed by atoms with Crippen LogP contribution in [0.3, 0.4) is 0 Å². The molecule has 0 bridgehead atoms. The highest BCUT2D eigenvalue weighted by atomic mass is 16.5. The van der Waals surface area contributed by atoms with Crippen LogP contribution in [-0.4, -0.2) is 36.9 Å². The Bertz CT molecular complexity index is 861. The lowest BCUT2D eigenvalue weighted by molar-refractivity contribution is -0.151. The van der Waals surface area contributed by atoms with Crippen LogP contribution in [-0.2, 0) is 11.2 Å². The van der Waals surface area contributed by atoms with Gasteiger partial charge in [0.05, 0.1) is 0 Å². The van der Waals surface area contributed by atoms with E-state index in [1.165, 1.54) is 24.3 Å². The second-order valence-corrected chi connectivity index (χ2v) is 6.46. The SMILES string of the molecule is CCCC(=O)[C@@]1(O)Cc2c(O)cc(O)cc2O[C@@H]1c1ccc(O)c(O)c1. The van der Waals surface area contributed by atoms with Gasteiger partial charge in [-0.2, -0.15) is 0 Å². The van der Waals surface area contributed by atoms with Crippen molar-refractivity contribution in [3.63, 3.8) is 0 Å². The average Bonchev–Trinajstić information content (AvgIpc) is 2.58. The third-order valence-corrected chi connectivity index (χ3v) is 4.56. The summed E-state index contributed by atoms with van der Waals surface area (Å²) in [5.74, 6) is -1.59. The number of carbonyl (C=O) groups excluding carboxylic acids is 1. The lowest BCUT2D eigenvalue weighted by Crippen LogP contribution is -2.51. The number of carbonyl (C=O) groups is 1. The molecule has 7 heteroatoms. The number of ether oxygens (including phenoxy) is 1. The first-order valence-electron chi connectivity index (χ1n) is 8.25. The van der Waals surface area contributed by atoms with E-state index in [1.807, 2.05) is 0 Å². The minimum absolute atomic E-state index is 0.106. The third kappa shape index (κ3) is 2.90. The Morgan fingerprint density at radius 1 is 1.12 bits per heavy atom. The molecule has 0 aromatic heterocycles. The van der Waals surface area contributed by atoms with Crippen molar-refractivity contribution in [3.8, 4) is 28.7 Å². The Labute approximate surface area is 149 Å². The number of ketones is 1. The lowest BCUT2D eigenvalue weighted by atomic mass is 9.78. The summed E-state index contributed by atoms with van der Waals surface area (Å²) in [4.78, 5) is 12.7. The number of phenols is 4. The number of benzene rings is 2. The maximum atomic E-state index is 12.7.